The summed E-state index contributed by atoms with van der Waals surface area (Å²) in [6.45, 7) is 0.715. The first-order chi connectivity index (χ1) is 9.24. The Hall–Kier alpha value is -1.70. The SMILES string of the molecule is O=c1[nH]cnc2c(CN3C(CO)CC3CO)c[nH]c12. The van der Waals surface area contributed by atoms with Crippen LogP contribution in [0.25, 0.3) is 11.0 Å². The molecule has 2 unspecified atom stereocenters. The number of likely N-dealkylation sites (tertiary alicyclic amines) is 1. The minimum absolute atomic E-state index is 0.0732. The molecule has 0 spiro atoms. The van der Waals surface area contributed by atoms with E-state index in [1.165, 1.54) is 6.33 Å². The molecule has 0 bridgehead atoms. The number of aromatic amines is 2. The molecule has 7 nitrogen and oxygen atoms in total. The molecule has 1 fully saturated rings. The molecule has 1 saturated heterocycles. The van der Waals surface area contributed by atoms with E-state index in [-0.39, 0.29) is 30.9 Å². The number of hydrogen-bond acceptors (Lipinski definition) is 5. The zero-order chi connectivity index (χ0) is 13.4. The van der Waals surface area contributed by atoms with E-state index in [1.54, 1.807) is 6.20 Å². The van der Waals surface area contributed by atoms with Crippen LogP contribution in [0, 0.1) is 0 Å². The van der Waals surface area contributed by atoms with Crippen LogP contribution < -0.4 is 5.56 Å². The van der Waals surface area contributed by atoms with Gasteiger partial charge < -0.3 is 20.2 Å². The molecule has 0 amide bonds. The van der Waals surface area contributed by atoms with Crippen LogP contribution in [0.3, 0.4) is 0 Å². The molecular weight excluding hydrogens is 248 g/mol. The Morgan fingerprint density at radius 1 is 1.32 bits per heavy atom. The van der Waals surface area contributed by atoms with Crippen LogP contribution >= 0.6 is 0 Å². The van der Waals surface area contributed by atoms with Crippen molar-refractivity contribution in [3.8, 4) is 0 Å². The van der Waals surface area contributed by atoms with Crippen LogP contribution in [0.2, 0.25) is 0 Å². The van der Waals surface area contributed by atoms with Gasteiger partial charge >= 0.3 is 0 Å². The first kappa shape index (κ1) is 12.3. The van der Waals surface area contributed by atoms with Crippen LogP contribution in [-0.2, 0) is 6.54 Å². The maximum atomic E-state index is 11.6. The van der Waals surface area contributed by atoms with Gasteiger partial charge in [-0.15, -0.1) is 0 Å². The standard InChI is InChI=1S/C12H16N4O3/c17-4-8-1-9(5-18)16(8)3-7-2-13-11-10(7)14-6-15-12(11)19/h2,6,8-9,13,17-18H,1,3-5H2,(H,14,15,19). The summed E-state index contributed by atoms with van der Waals surface area (Å²) in [5, 5.41) is 18.5. The summed E-state index contributed by atoms with van der Waals surface area (Å²) in [5.74, 6) is 0. The molecule has 2 atom stereocenters. The average molecular weight is 264 g/mol. The number of aliphatic hydroxyl groups excluding tert-OH is 2. The van der Waals surface area contributed by atoms with Gasteiger partial charge in [0.1, 0.15) is 5.52 Å². The molecule has 102 valence electrons. The molecule has 4 N–H and O–H groups in total. The zero-order valence-electron chi connectivity index (χ0n) is 10.3. The van der Waals surface area contributed by atoms with Crippen molar-refractivity contribution in [1.29, 1.82) is 0 Å². The molecule has 2 aromatic heterocycles. The van der Waals surface area contributed by atoms with Gasteiger partial charge in [0.2, 0.25) is 0 Å². The monoisotopic (exact) mass is 264 g/mol. The van der Waals surface area contributed by atoms with E-state index >= 15 is 0 Å². The molecule has 0 aromatic carbocycles. The fourth-order valence-electron chi connectivity index (χ4n) is 2.68. The number of hydrogen-bond donors (Lipinski definition) is 4. The predicted octanol–water partition coefficient (Wildman–Crippen LogP) is -0.821. The third-order valence-electron chi connectivity index (χ3n) is 3.80. The highest BCUT2D eigenvalue weighted by molar-refractivity contribution is 5.77. The molecular formula is C12H16N4O3. The maximum Gasteiger partial charge on any atom is 0.275 e. The van der Waals surface area contributed by atoms with E-state index in [0.29, 0.717) is 17.6 Å². The molecule has 0 saturated carbocycles. The van der Waals surface area contributed by atoms with Crippen molar-refractivity contribution in [3.05, 3.63) is 28.4 Å². The molecule has 1 aliphatic heterocycles. The lowest BCUT2D eigenvalue weighted by molar-refractivity contribution is -0.0472. The van der Waals surface area contributed by atoms with Crippen LogP contribution in [0.15, 0.2) is 17.3 Å². The summed E-state index contributed by atoms with van der Waals surface area (Å²) in [6.07, 6.45) is 3.93. The molecule has 3 rings (SSSR count). The zero-order valence-corrected chi connectivity index (χ0v) is 10.3. The van der Waals surface area contributed by atoms with Gasteiger partial charge in [-0.1, -0.05) is 0 Å². The third-order valence-corrected chi connectivity index (χ3v) is 3.80. The molecule has 7 heteroatoms. The number of fused-ring (bicyclic) bond motifs is 1. The van der Waals surface area contributed by atoms with E-state index in [1.807, 2.05) is 4.90 Å². The summed E-state index contributed by atoms with van der Waals surface area (Å²) in [4.78, 5) is 23.2. The van der Waals surface area contributed by atoms with Gasteiger partial charge in [0, 0.05) is 30.4 Å². The lowest BCUT2D eigenvalue weighted by Crippen LogP contribution is -2.58. The Labute approximate surface area is 108 Å². The second-order valence-electron chi connectivity index (χ2n) is 4.85. The fraction of sp³-hybridized carbons (Fsp3) is 0.500. The minimum atomic E-state index is -0.197. The van der Waals surface area contributed by atoms with Crippen molar-refractivity contribution in [2.75, 3.05) is 13.2 Å². The van der Waals surface area contributed by atoms with Gasteiger partial charge in [-0.2, -0.15) is 0 Å². The second-order valence-corrected chi connectivity index (χ2v) is 4.85. The molecule has 0 radical (unpaired) electrons. The van der Waals surface area contributed by atoms with Crippen molar-refractivity contribution in [2.24, 2.45) is 0 Å². The van der Waals surface area contributed by atoms with Gasteiger partial charge in [0.05, 0.1) is 25.1 Å². The van der Waals surface area contributed by atoms with E-state index in [2.05, 4.69) is 15.0 Å². The summed E-state index contributed by atoms with van der Waals surface area (Å²) in [6, 6.07) is 0.146. The Morgan fingerprint density at radius 3 is 2.74 bits per heavy atom. The summed E-state index contributed by atoms with van der Waals surface area (Å²) < 4.78 is 0. The Kier molecular flexibility index (Phi) is 3.09. The van der Waals surface area contributed by atoms with Gasteiger partial charge in [0.25, 0.3) is 5.56 Å². The van der Waals surface area contributed by atoms with Gasteiger partial charge in [0.15, 0.2) is 0 Å². The lowest BCUT2D eigenvalue weighted by Gasteiger charge is -2.47. The topological polar surface area (TPSA) is 105 Å². The van der Waals surface area contributed by atoms with Crippen molar-refractivity contribution in [3.63, 3.8) is 0 Å². The van der Waals surface area contributed by atoms with Crippen molar-refractivity contribution in [2.45, 2.75) is 25.0 Å². The average Bonchev–Trinajstić information content (AvgIpc) is 2.80. The molecule has 2 aromatic rings. The summed E-state index contributed by atoms with van der Waals surface area (Å²) in [5.41, 5.74) is 1.80. The normalized spacial score (nSPS) is 23.7. The van der Waals surface area contributed by atoms with Gasteiger partial charge in [-0.3, -0.25) is 9.69 Å². The Balaban J connectivity index is 1.89. The maximum absolute atomic E-state index is 11.6. The summed E-state index contributed by atoms with van der Waals surface area (Å²) >= 11 is 0. The third kappa shape index (κ3) is 1.95. The quantitative estimate of drug-likeness (QED) is 0.577. The highest BCUT2D eigenvalue weighted by atomic mass is 16.3. The first-order valence-electron chi connectivity index (χ1n) is 6.25. The Morgan fingerprint density at radius 2 is 2.05 bits per heavy atom. The molecule has 1 aliphatic rings. The fourth-order valence-corrected chi connectivity index (χ4v) is 2.68. The second kappa shape index (κ2) is 4.76. The van der Waals surface area contributed by atoms with Crippen LogP contribution in [0.5, 0.6) is 0 Å². The molecule has 19 heavy (non-hydrogen) atoms. The number of aliphatic hydroxyl groups is 2. The van der Waals surface area contributed by atoms with Gasteiger partial charge in [-0.25, -0.2) is 4.98 Å². The minimum Gasteiger partial charge on any atom is -0.395 e. The first-order valence-corrected chi connectivity index (χ1v) is 6.25. The lowest BCUT2D eigenvalue weighted by atomic mass is 9.93. The van der Waals surface area contributed by atoms with E-state index in [4.69, 9.17) is 0 Å². The van der Waals surface area contributed by atoms with Crippen LogP contribution in [-0.4, -0.2) is 55.4 Å². The predicted molar refractivity (Wildman–Crippen MR) is 68.6 cm³/mol. The van der Waals surface area contributed by atoms with Gasteiger partial charge in [-0.05, 0) is 6.42 Å². The van der Waals surface area contributed by atoms with Crippen LogP contribution in [0.4, 0.5) is 0 Å². The van der Waals surface area contributed by atoms with E-state index < -0.39 is 0 Å². The number of H-pyrrole nitrogens is 2. The van der Waals surface area contributed by atoms with Crippen molar-refractivity contribution < 1.29 is 10.2 Å². The van der Waals surface area contributed by atoms with E-state index in [0.717, 1.165) is 12.0 Å². The summed E-state index contributed by atoms with van der Waals surface area (Å²) in [7, 11) is 0. The van der Waals surface area contributed by atoms with Crippen molar-refractivity contribution in [1.82, 2.24) is 19.9 Å². The van der Waals surface area contributed by atoms with Crippen molar-refractivity contribution >= 4 is 11.0 Å². The molecule has 3 heterocycles. The molecule has 0 aliphatic carbocycles. The Bertz CT molecular complexity index is 625. The number of nitrogens with one attached hydrogen (secondary N) is 2. The largest absolute Gasteiger partial charge is 0.395 e. The smallest absolute Gasteiger partial charge is 0.275 e. The highest BCUT2D eigenvalue weighted by Gasteiger charge is 2.37. The highest BCUT2D eigenvalue weighted by Crippen LogP contribution is 2.28. The van der Waals surface area contributed by atoms with E-state index in [9.17, 15) is 15.0 Å². The number of aromatic nitrogens is 3. The number of nitrogens with zero attached hydrogens (tertiary/aromatic N) is 2. The van der Waals surface area contributed by atoms with Crippen LogP contribution in [0.1, 0.15) is 12.0 Å². The number of rotatable bonds is 4.